The maximum Gasteiger partial charge on any atom is 0.251 e. The van der Waals surface area contributed by atoms with Gasteiger partial charge in [-0.1, -0.05) is 12.8 Å². The number of anilines is 1. The molecule has 3 rings (SSSR count). The van der Waals surface area contributed by atoms with E-state index in [2.05, 4.69) is 10.2 Å². The predicted octanol–water partition coefficient (Wildman–Crippen LogP) is 2.32. The van der Waals surface area contributed by atoms with Crippen LogP contribution in [0.15, 0.2) is 24.3 Å². The average Bonchev–Trinajstić information content (AvgIpc) is 3.01. The van der Waals surface area contributed by atoms with Crippen molar-refractivity contribution in [1.82, 2.24) is 5.32 Å². The molecule has 2 fully saturated rings. The van der Waals surface area contributed by atoms with Crippen LogP contribution in [0.1, 0.15) is 48.9 Å². The van der Waals surface area contributed by atoms with E-state index in [0.717, 1.165) is 50.0 Å². The highest BCUT2D eigenvalue weighted by Gasteiger charge is 2.19. The standard InChI is InChI=1S/C17H24N2O2/c20-16-9-11-19(12-10-16)15-7-5-13(6-8-15)17(21)18-14-3-1-2-4-14/h5-8,14,16,20H,1-4,9-12H2,(H,18,21). The van der Waals surface area contributed by atoms with E-state index in [4.69, 9.17) is 0 Å². The third kappa shape index (κ3) is 3.56. The van der Waals surface area contributed by atoms with E-state index in [1.54, 1.807) is 0 Å². The Labute approximate surface area is 126 Å². The molecule has 114 valence electrons. The summed E-state index contributed by atoms with van der Waals surface area (Å²) in [6.07, 6.45) is 6.17. The number of hydrogen-bond acceptors (Lipinski definition) is 3. The minimum atomic E-state index is -0.155. The highest BCUT2D eigenvalue weighted by molar-refractivity contribution is 5.94. The molecule has 1 aromatic carbocycles. The Morgan fingerprint density at radius 2 is 1.67 bits per heavy atom. The third-order valence-corrected chi connectivity index (χ3v) is 4.65. The van der Waals surface area contributed by atoms with Crippen LogP contribution in [0.25, 0.3) is 0 Å². The smallest absolute Gasteiger partial charge is 0.251 e. The van der Waals surface area contributed by atoms with Gasteiger partial charge in [0.05, 0.1) is 6.10 Å². The lowest BCUT2D eigenvalue weighted by molar-refractivity contribution is 0.0938. The number of rotatable bonds is 3. The van der Waals surface area contributed by atoms with Crippen molar-refractivity contribution in [2.75, 3.05) is 18.0 Å². The number of amides is 1. The van der Waals surface area contributed by atoms with Crippen molar-refractivity contribution in [1.29, 1.82) is 0 Å². The number of nitrogens with one attached hydrogen (secondary N) is 1. The molecular formula is C17H24N2O2. The molecular weight excluding hydrogens is 264 g/mol. The van der Waals surface area contributed by atoms with Gasteiger partial charge in [-0.25, -0.2) is 0 Å². The van der Waals surface area contributed by atoms with Crippen LogP contribution in [0.4, 0.5) is 5.69 Å². The molecule has 0 spiro atoms. The van der Waals surface area contributed by atoms with Gasteiger partial charge in [0.15, 0.2) is 0 Å². The summed E-state index contributed by atoms with van der Waals surface area (Å²) in [6, 6.07) is 8.21. The first-order valence-electron chi connectivity index (χ1n) is 8.06. The molecule has 2 N–H and O–H groups in total. The van der Waals surface area contributed by atoms with Crippen LogP contribution in [0, 0.1) is 0 Å². The number of nitrogens with zero attached hydrogens (tertiary/aromatic N) is 1. The molecule has 1 heterocycles. The number of aliphatic hydroxyl groups excluding tert-OH is 1. The Bertz CT molecular complexity index is 472. The summed E-state index contributed by atoms with van der Waals surface area (Å²) in [4.78, 5) is 14.4. The highest BCUT2D eigenvalue weighted by Crippen LogP contribution is 2.21. The van der Waals surface area contributed by atoms with E-state index in [9.17, 15) is 9.90 Å². The SMILES string of the molecule is O=C(NC1CCCC1)c1ccc(N2CCC(O)CC2)cc1. The zero-order chi connectivity index (χ0) is 14.7. The van der Waals surface area contributed by atoms with Crippen molar-refractivity contribution < 1.29 is 9.90 Å². The lowest BCUT2D eigenvalue weighted by Crippen LogP contribution is -2.36. The molecule has 0 atom stereocenters. The normalized spacial score (nSPS) is 20.7. The van der Waals surface area contributed by atoms with Crippen molar-refractivity contribution in [2.45, 2.75) is 50.7 Å². The van der Waals surface area contributed by atoms with Crippen LogP contribution in [0.2, 0.25) is 0 Å². The third-order valence-electron chi connectivity index (χ3n) is 4.65. The zero-order valence-electron chi connectivity index (χ0n) is 12.4. The molecule has 21 heavy (non-hydrogen) atoms. The van der Waals surface area contributed by atoms with Gasteiger partial charge in [-0.3, -0.25) is 4.79 Å². The summed E-state index contributed by atoms with van der Waals surface area (Å²) in [7, 11) is 0. The molecule has 1 amide bonds. The number of carbonyl (C=O) groups excluding carboxylic acids is 1. The van der Waals surface area contributed by atoms with Crippen molar-refractivity contribution in [3.63, 3.8) is 0 Å². The number of carbonyl (C=O) groups is 1. The summed E-state index contributed by atoms with van der Waals surface area (Å²) in [5.74, 6) is 0.0440. The van der Waals surface area contributed by atoms with Gasteiger partial charge in [-0.2, -0.15) is 0 Å². The Balaban J connectivity index is 1.59. The number of hydrogen-bond donors (Lipinski definition) is 2. The van der Waals surface area contributed by atoms with Crippen LogP contribution in [-0.2, 0) is 0 Å². The van der Waals surface area contributed by atoms with Gasteiger partial charge in [0.25, 0.3) is 5.91 Å². The van der Waals surface area contributed by atoms with Gasteiger partial charge in [0.2, 0.25) is 0 Å². The Hall–Kier alpha value is -1.55. The van der Waals surface area contributed by atoms with Gasteiger partial charge in [-0.05, 0) is 49.9 Å². The quantitative estimate of drug-likeness (QED) is 0.897. The number of aliphatic hydroxyl groups is 1. The zero-order valence-corrected chi connectivity index (χ0v) is 12.4. The minimum Gasteiger partial charge on any atom is -0.393 e. The predicted molar refractivity (Wildman–Crippen MR) is 83.6 cm³/mol. The van der Waals surface area contributed by atoms with E-state index in [1.807, 2.05) is 24.3 Å². The Morgan fingerprint density at radius 1 is 1.05 bits per heavy atom. The first kappa shape index (κ1) is 14.4. The molecule has 1 saturated carbocycles. The molecule has 1 aromatic rings. The second-order valence-corrected chi connectivity index (χ2v) is 6.22. The molecule has 0 radical (unpaired) electrons. The number of piperidine rings is 1. The summed E-state index contributed by atoms with van der Waals surface area (Å²) in [6.45, 7) is 1.77. The Kier molecular flexibility index (Phi) is 4.44. The lowest BCUT2D eigenvalue weighted by atomic mass is 10.1. The fourth-order valence-corrected chi connectivity index (χ4v) is 3.29. The van der Waals surface area contributed by atoms with Crippen LogP contribution in [0.3, 0.4) is 0 Å². The van der Waals surface area contributed by atoms with Crippen molar-refractivity contribution in [3.8, 4) is 0 Å². The minimum absolute atomic E-state index is 0.0440. The van der Waals surface area contributed by atoms with Gasteiger partial charge in [0.1, 0.15) is 0 Å². The molecule has 2 aliphatic rings. The largest absolute Gasteiger partial charge is 0.393 e. The van der Waals surface area contributed by atoms with E-state index in [1.165, 1.54) is 12.8 Å². The monoisotopic (exact) mass is 288 g/mol. The maximum absolute atomic E-state index is 12.2. The van der Waals surface area contributed by atoms with E-state index >= 15 is 0 Å². The summed E-state index contributed by atoms with van der Waals surface area (Å²) >= 11 is 0. The van der Waals surface area contributed by atoms with E-state index < -0.39 is 0 Å². The number of benzene rings is 1. The molecule has 0 aromatic heterocycles. The topological polar surface area (TPSA) is 52.6 Å². The van der Waals surface area contributed by atoms with Crippen LogP contribution < -0.4 is 10.2 Å². The van der Waals surface area contributed by atoms with Gasteiger partial charge >= 0.3 is 0 Å². The van der Waals surface area contributed by atoms with Crippen LogP contribution >= 0.6 is 0 Å². The van der Waals surface area contributed by atoms with E-state index in [0.29, 0.717) is 6.04 Å². The van der Waals surface area contributed by atoms with Gasteiger partial charge in [-0.15, -0.1) is 0 Å². The second-order valence-electron chi connectivity index (χ2n) is 6.22. The fraction of sp³-hybridized carbons (Fsp3) is 0.588. The first-order valence-corrected chi connectivity index (χ1v) is 8.06. The highest BCUT2D eigenvalue weighted by atomic mass is 16.3. The van der Waals surface area contributed by atoms with Crippen molar-refractivity contribution in [2.24, 2.45) is 0 Å². The van der Waals surface area contributed by atoms with Crippen molar-refractivity contribution >= 4 is 11.6 Å². The Morgan fingerprint density at radius 3 is 2.29 bits per heavy atom. The molecule has 0 unspecified atom stereocenters. The summed E-state index contributed by atoms with van der Waals surface area (Å²) in [5.41, 5.74) is 1.88. The van der Waals surface area contributed by atoms with Crippen LogP contribution in [-0.4, -0.2) is 36.2 Å². The first-order chi connectivity index (χ1) is 10.2. The van der Waals surface area contributed by atoms with Gasteiger partial charge in [0, 0.05) is 30.4 Å². The molecule has 4 heteroatoms. The molecule has 1 saturated heterocycles. The maximum atomic E-state index is 12.2. The van der Waals surface area contributed by atoms with Crippen molar-refractivity contribution in [3.05, 3.63) is 29.8 Å². The molecule has 1 aliphatic heterocycles. The average molecular weight is 288 g/mol. The summed E-state index contributed by atoms with van der Waals surface area (Å²) in [5, 5.41) is 12.7. The lowest BCUT2D eigenvalue weighted by Gasteiger charge is -2.31. The van der Waals surface area contributed by atoms with Crippen LogP contribution in [0.5, 0.6) is 0 Å². The second kappa shape index (κ2) is 6.48. The molecule has 4 nitrogen and oxygen atoms in total. The molecule has 1 aliphatic carbocycles. The summed E-state index contributed by atoms with van der Waals surface area (Å²) < 4.78 is 0. The molecule has 0 bridgehead atoms. The van der Waals surface area contributed by atoms with Gasteiger partial charge < -0.3 is 15.3 Å². The fourth-order valence-electron chi connectivity index (χ4n) is 3.29. The van der Waals surface area contributed by atoms with E-state index in [-0.39, 0.29) is 12.0 Å².